The first kappa shape index (κ1) is 23.6. The molecule has 4 unspecified atom stereocenters. The van der Waals surface area contributed by atoms with Crippen LogP contribution in [0.2, 0.25) is 0 Å². The summed E-state index contributed by atoms with van der Waals surface area (Å²) in [5.41, 5.74) is 13.1. The summed E-state index contributed by atoms with van der Waals surface area (Å²) in [7, 11) is 0. The lowest BCUT2D eigenvalue weighted by Crippen LogP contribution is -2.43. The molecule has 4 atom stereocenters. The van der Waals surface area contributed by atoms with Crippen LogP contribution in [0.1, 0.15) is 78.1 Å². The number of aromatic nitrogens is 1. The minimum absolute atomic E-state index is 0.0471. The number of allylic oxidation sites excluding steroid dienone is 4. The zero-order valence-electron chi connectivity index (χ0n) is 23.6. The summed E-state index contributed by atoms with van der Waals surface area (Å²) in [5, 5.41) is 3.71. The van der Waals surface area contributed by atoms with Gasteiger partial charge in [-0.2, -0.15) is 0 Å². The van der Waals surface area contributed by atoms with Crippen molar-refractivity contribution in [3.63, 3.8) is 0 Å². The Morgan fingerprint density at radius 1 is 0.949 bits per heavy atom. The van der Waals surface area contributed by atoms with Crippen molar-refractivity contribution in [2.45, 2.75) is 90.5 Å². The van der Waals surface area contributed by atoms with Gasteiger partial charge in [-0.25, -0.2) is 4.98 Å². The van der Waals surface area contributed by atoms with Gasteiger partial charge in [0.2, 0.25) is 5.88 Å². The Morgan fingerprint density at radius 3 is 2.51 bits per heavy atom. The lowest BCUT2D eigenvalue weighted by molar-refractivity contribution is 0.214. The summed E-state index contributed by atoms with van der Waals surface area (Å²) in [6, 6.07) is 8.20. The molecular weight excluding hydrogens is 480 g/mol. The van der Waals surface area contributed by atoms with Crippen molar-refractivity contribution in [2.75, 3.05) is 11.4 Å². The summed E-state index contributed by atoms with van der Waals surface area (Å²) < 4.78 is 6.69. The van der Waals surface area contributed by atoms with E-state index < -0.39 is 0 Å². The topological polar surface area (TPSA) is 40.6 Å². The van der Waals surface area contributed by atoms with Gasteiger partial charge in [-0.05, 0) is 105 Å². The van der Waals surface area contributed by atoms with Crippen molar-refractivity contribution < 1.29 is 4.74 Å². The van der Waals surface area contributed by atoms with Crippen LogP contribution in [0.25, 0.3) is 5.57 Å². The quantitative estimate of drug-likeness (QED) is 0.479. The van der Waals surface area contributed by atoms with Crippen molar-refractivity contribution in [1.29, 1.82) is 0 Å². The summed E-state index contributed by atoms with van der Waals surface area (Å²) in [6.07, 6.45) is 17.0. The zero-order valence-corrected chi connectivity index (χ0v) is 23.6. The number of rotatable bonds is 2. The smallest absolute Gasteiger partial charge is 0.225 e. The molecule has 6 aliphatic rings. The Hall–Kier alpha value is -3.31. The van der Waals surface area contributed by atoms with E-state index in [2.05, 4.69) is 85.4 Å². The Labute approximate surface area is 231 Å². The number of fused-ring (bicyclic) bond motifs is 8. The molecule has 8 rings (SSSR count). The highest BCUT2D eigenvalue weighted by molar-refractivity contribution is 5.79. The summed E-state index contributed by atoms with van der Waals surface area (Å²) >= 11 is 0. The predicted octanol–water partition coefficient (Wildman–Crippen LogP) is 6.70. The van der Waals surface area contributed by atoms with Gasteiger partial charge in [0.25, 0.3) is 0 Å². The molecule has 2 aromatic rings. The normalized spacial score (nSPS) is 28.7. The average Bonchev–Trinajstić information content (AvgIpc) is 3.58. The fraction of sp³-hybridized carbons (Fsp3) is 0.441. The van der Waals surface area contributed by atoms with E-state index in [4.69, 9.17) is 9.72 Å². The monoisotopic (exact) mass is 518 g/mol. The highest BCUT2D eigenvalue weighted by Gasteiger charge is 2.56. The van der Waals surface area contributed by atoms with E-state index in [1.807, 2.05) is 0 Å². The summed E-state index contributed by atoms with van der Waals surface area (Å²) in [4.78, 5) is 10.4. The maximum Gasteiger partial charge on any atom is 0.225 e. The van der Waals surface area contributed by atoms with Gasteiger partial charge in [0, 0.05) is 47.3 Å². The molecule has 0 bridgehead atoms. The van der Waals surface area contributed by atoms with E-state index in [9.17, 15) is 0 Å². The number of pyridine rings is 1. The molecule has 2 saturated heterocycles. The van der Waals surface area contributed by atoms with Crippen molar-refractivity contribution in [1.82, 2.24) is 15.2 Å². The first-order valence-corrected chi connectivity index (χ1v) is 14.9. The summed E-state index contributed by atoms with van der Waals surface area (Å²) in [6.45, 7) is 9.88. The molecule has 200 valence electrons. The van der Waals surface area contributed by atoms with Crippen LogP contribution in [0.3, 0.4) is 0 Å². The third-order valence-corrected chi connectivity index (χ3v) is 9.90. The van der Waals surface area contributed by atoms with E-state index in [1.54, 1.807) is 0 Å². The van der Waals surface area contributed by atoms with Crippen LogP contribution in [-0.2, 0) is 0 Å². The standard InChI is InChI=1S/C34H38N4O/c1-19-14-22(4)36-33-28(19)30-32(39-33)29-25(17-35-30)18-37-26-12-8-9-13-27(26)38(34(29)37)31-20(2)15-24(16-21(31)3)23-10-6-5-7-11-23/h6,10-11,14-17,26-27,30,34-35H,5,7-9,12-13,18H2,1-4H3. The first-order chi connectivity index (χ1) is 19.0. The molecule has 5 heterocycles. The highest BCUT2D eigenvalue weighted by Crippen LogP contribution is 2.53. The number of hydrogen-bond acceptors (Lipinski definition) is 5. The van der Waals surface area contributed by atoms with Crippen LogP contribution in [0.4, 0.5) is 5.69 Å². The molecule has 39 heavy (non-hydrogen) atoms. The lowest BCUT2D eigenvalue weighted by Gasteiger charge is -2.38. The molecule has 5 nitrogen and oxygen atoms in total. The fourth-order valence-corrected chi connectivity index (χ4v) is 8.43. The molecular formula is C34H38N4O. The number of nitrogens with one attached hydrogen (secondary N) is 1. The van der Waals surface area contributed by atoms with E-state index in [1.165, 1.54) is 75.9 Å². The summed E-state index contributed by atoms with van der Waals surface area (Å²) in [5.74, 6) is 1.86. The molecule has 0 radical (unpaired) electrons. The van der Waals surface area contributed by atoms with Crippen molar-refractivity contribution >= 4 is 11.3 Å². The van der Waals surface area contributed by atoms with Crippen LogP contribution in [-0.4, -0.2) is 34.7 Å². The van der Waals surface area contributed by atoms with Gasteiger partial charge in [-0.15, -0.1) is 0 Å². The Kier molecular flexibility index (Phi) is 5.19. The number of dihydropyridines is 1. The third kappa shape index (κ3) is 3.38. The number of aryl methyl sites for hydroxylation is 4. The second-order valence-corrected chi connectivity index (χ2v) is 12.4. The largest absolute Gasteiger partial charge is 0.440 e. The van der Waals surface area contributed by atoms with Gasteiger partial charge in [0.1, 0.15) is 18.0 Å². The highest BCUT2D eigenvalue weighted by atomic mass is 16.5. The van der Waals surface area contributed by atoms with Crippen molar-refractivity contribution in [3.8, 4) is 5.88 Å². The molecule has 1 N–H and O–H groups in total. The number of benzene rings is 1. The molecule has 2 aliphatic carbocycles. The molecule has 4 aliphatic heterocycles. The van der Waals surface area contributed by atoms with Gasteiger partial charge in [-0.3, -0.25) is 4.90 Å². The maximum absolute atomic E-state index is 6.69. The van der Waals surface area contributed by atoms with Gasteiger partial charge in [-0.1, -0.05) is 31.1 Å². The molecule has 1 aromatic heterocycles. The molecule has 0 amide bonds. The van der Waals surface area contributed by atoms with Crippen LogP contribution in [0.5, 0.6) is 5.88 Å². The third-order valence-electron chi connectivity index (χ3n) is 9.90. The van der Waals surface area contributed by atoms with E-state index in [0.717, 1.165) is 36.7 Å². The van der Waals surface area contributed by atoms with E-state index in [-0.39, 0.29) is 12.2 Å². The van der Waals surface area contributed by atoms with Crippen molar-refractivity contribution in [3.05, 3.63) is 93.0 Å². The van der Waals surface area contributed by atoms with Crippen LogP contribution in [0.15, 0.2) is 59.5 Å². The second-order valence-electron chi connectivity index (χ2n) is 12.4. The molecule has 3 fully saturated rings. The molecule has 5 heteroatoms. The molecule has 1 saturated carbocycles. The molecule has 0 spiro atoms. The van der Waals surface area contributed by atoms with Gasteiger partial charge in [0.15, 0.2) is 0 Å². The number of anilines is 1. The average molecular weight is 519 g/mol. The number of nitrogens with zero attached hydrogens (tertiary/aromatic N) is 3. The maximum atomic E-state index is 6.69. The minimum atomic E-state index is 0.0471. The van der Waals surface area contributed by atoms with Crippen molar-refractivity contribution in [2.24, 2.45) is 0 Å². The van der Waals surface area contributed by atoms with Gasteiger partial charge < -0.3 is 15.0 Å². The minimum Gasteiger partial charge on any atom is -0.440 e. The number of hydrogen-bond donors (Lipinski definition) is 1. The SMILES string of the molecule is Cc1cc(C)c2c(n1)OC1=C3C(=CNC12)CN1C2CCCCC2N(c2c(C)cc(C4=CCCC=C4)cc2C)C31. The lowest BCUT2D eigenvalue weighted by atomic mass is 9.88. The predicted molar refractivity (Wildman–Crippen MR) is 157 cm³/mol. The second kappa shape index (κ2) is 8.59. The van der Waals surface area contributed by atoms with Gasteiger partial charge in [0.05, 0.1) is 0 Å². The van der Waals surface area contributed by atoms with Crippen LogP contribution < -0.4 is 15.0 Å². The van der Waals surface area contributed by atoms with Crippen LogP contribution in [0, 0.1) is 27.7 Å². The fourth-order valence-electron chi connectivity index (χ4n) is 8.43. The Morgan fingerprint density at radius 2 is 1.74 bits per heavy atom. The number of ether oxygens (including phenoxy) is 1. The Balaban J connectivity index is 1.27. The zero-order chi connectivity index (χ0) is 26.4. The van der Waals surface area contributed by atoms with E-state index >= 15 is 0 Å². The Bertz CT molecular complexity index is 1500. The van der Waals surface area contributed by atoms with E-state index in [0.29, 0.717) is 12.1 Å². The van der Waals surface area contributed by atoms with Crippen LogP contribution >= 0.6 is 0 Å². The first-order valence-electron chi connectivity index (χ1n) is 14.9. The molecule has 1 aromatic carbocycles. The van der Waals surface area contributed by atoms with Gasteiger partial charge >= 0.3 is 0 Å².